The van der Waals surface area contributed by atoms with Crippen LogP contribution in [-0.4, -0.2) is 37.0 Å². The predicted molar refractivity (Wildman–Crippen MR) is 57.3 cm³/mol. The molecule has 0 saturated carbocycles. The van der Waals surface area contributed by atoms with E-state index in [1.807, 2.05) is 0 Å². The highest BCUT2D eigenvalue weighted by Crippen LogP contribution is 2.23. The third-order valence-electron chi connectivity index (χ3n) is 3.40. The van der Waals surface area contributed by atoms with E-state index < -0.39 is 0 Å². The second-order valence-corrected chi connectivity index (χ2v) is 5.04. The molecular weight excluding hydrogens is 178 g/mol. The van der Waals surface area contributed by atoms with Crippen LogP contribution in [0.1, 0.15) is 33.6 Å². The summed E-state index contributed by atoms with van der Waals surface area (Å²) in [6.07, 6.45) is 2.06. The van der Waals surface area contributed by atoms with Gasteiger partial charge in [-0.2, -0.15) is 0 Å². The first-order chi connectivity index (χ1) is 6.54. The molecule has 0 aromatic heterocycles. The van der Waals surface area contributed by atoms with E-state index in [9.17, 15) is 5.11 Å². The number of hydrogen-bond donors (Lipinski definition) is 2. The van der Waals surface area contributed by atoms with Crippen molar-refractivity contribution in [2.75, 3.05) is 26.4 Å². The molecule has 2 unspecified atom stereocenters. The van der Waals surface area contributed by atoms with Crippen LogP contribution in [0.3, 0.4) is 0 Å². The van der Waals surface area contributed by atoms with Gasteiger partial charge in [0.15, 0.2) is 0 Å². The lowest BCUT2D eigenvalue weighted by Crippen LogP contribution is -2.48. The zero-order chi connectivity index (χ0) is 10.7. The first kappa shape index (κ1) is 12.0. The summed E-state index contributed by atoms with van der Waals surface area (Å²) in [6, 6.07) is 0. The normalized spacial score (nSPS) is 31.7. The van der Waals surface area contributed by atoms with Gasteiger partial charge in [-0.3, -0.25) is 0 Å². The lowest BCUT2D eigenvalue weighted by Gasteiger charge is -2.32. The van der Waals surface area contributed by atoms with Crippen LogP contribution in [-0.2, 0) is 4.74 Å². The molecular formula is C11H23NO2. The molecule has 0 aliphatic carbocycles. The zero-order valence-corrected chi connectivity index (χ0v) is 9.60. The van der Waals surface area contributed by atoms with E-state index in [4.69, 9.17) is 4.74 Å². The number of aliphatic hydroxyl groups excluding tert-OH is 1. The van der Waals surface area contributed by atoms with Gasteiger partial charge in [0.2, 0.25) is 0 Å². The minimum absolute atomic E-state index is 0.00556. The van der Waals surface area contributed by atoms with Crippen LogP contribution in [0.25, 0.3) is 0 Å². The number of aliphatic hydroxyl groups is 1. The van der Waals surface area contributed by atoms with Crippen molar-refractivity contribution in [1.82, 2.24) is 5.32 Å². The molecule has 2 N–H and O–H groups in total. The molecule has 0 radical (unpaired) electrons. The van der Waals surface area contributed by atoms with Gasteiger partial charge in [-0.25, -0.2) is 0 Å². The van der Waals surface area contributed by atoms with Crippen molar-refractivity contribution >= 4 is 0 Å². The second kappa shape index (κ2) is 4.60. The average molecular weight is 201 g/mol. The molecule has 3 nitrogen and oxygen atoms in total. The standard InChI is InChI=1S/C11H23NO2/c1-4-10(2,8-13)7-12-11(3)5-6-14-9-11/h12-13H,4-9H2,1-3H3. The third-order valence-corrected chi connectivity index (χ3v) is 3.40. The molecule has 14 heavy (non-hydrogen) atoms. The van der Waals surface area contributed by atoms with Crippen LogP contribution in [0, 0.1) is 5.41 Å². The van der Waals surface area contributed by atoms with Crippen molar-refractivity contribution in [1.29, 1.82) is 0 Å². The van der Waals surface area contributed by atoms with Crippen molar-refractivity contribution in [2.45, 2.75) is 39.2 Å². The summed E-state index contributed by atoms with van der Waals surface area (Å²) in [5, 5.41) is 12.8. The average Bonchev–Trinajstić information content (AvgIpc) is 2.63. The van der Waals surface area contributed by atoms with Gasteiger partial charge in [0.05, 0.1) is 6.61 Å². The number of ether oxygens (including phenoxy) is 1. The van der Waals surface area contributed by atoms with Gasteiger partial charge in [-0.15, -0.1) is 0 Å². The Morgan fingerprint density at radius 1 is 1.57 bits per heavy atom. The quantitative estimate of drug-likeness (QED) is 0.701. The van der Waals surface area contributed by atoms with Gasteiger partial charge in [-0.05, 0) is 19.8 Å². The van der Waals surface area contributed by atoms with E-state index in [1.165, 1.54) is 0 Å². The highest BCUT2D eigenvalue weighted by Gasteiger charge is 2.31. The fraction of sp³-hybridized carbons (Fsp3) is 1.00. The van der Waals surface area contributed by atoms with E-state index in [1.54, 1.807) is 0 Å². The molecule has 1 fully saturated rings. The maximum atomic E-state index is 9.27. The molecule has 2 atom stereocenters. The molecule has 1 aliphatic rings. The van der Waals surface area contributed by atoms with Crippen molar-refractivity contribution in [3.63, 3.8) is 0 Å². The molecule has 1 heterocycles. The Labute approximate surface area is 86.8 Å². The minimum Gasteiger partial charge on any atom is -0.396 e. The van der Waals surface area contributed by atoms with Crippen molar-refractivity contribution < 1.29 is 9.84 Å². The highest BCUT2D eigenvalue weighted by atomic mass is 16.5. The first-order valence-corrected chi connectivity index (χ1v) is 5.47. The molecule has 3 heteroatoms. The van der Waals surface area contributed by atoms with Gasteiger partial charge in [-0.1, -0.05) is 13.8 Å². The summed E-state index contributed by atoms with van der Waals surface area (Å²) in [7, 11) is 0. The molecule has 84 valence electrons. The fourth-order valence-electron chi connectivity index (χ4n) is 1.53. The maximum absolute atomic E-state index is 9.27. The first-order valence-electron chi connectivity index (χ1n) is 5.47. The van der Waals surface area contributed by atoms with Crippen LogP contribution in [0.4, 0.5) is 0 Å². The van der Waals surface area contributed by atoms with Crippen LogP contribution < -0.4 is 5.32 Å². The van der Waals surface area contributed by atoms with Gasteiger partial charge in [0.1, 0.15) is 0 Å². The summed E-state index contributed by atoms with van der Waals surface area (Å²) in [6.45, 7) is 9.16. The lowest BCUT2D eigenvalue weighted by atomic mass is 9.87. The number of hydrogen-bond acceptors (Lipinski definition) is 3. The second-order valence-electron chi connectivity index (χ2n) is 5.04. The Balaban J connectivity index is 2.38. The van der Waals surface area contributed by atoms with E-state index in [0.717, 1.165) is 32.6 Å². The highest BCUT2D eigenvalue weighted by molar-refractivity contribution is 4.89. The van der Waals surface area contributed by atoms with Crippen molar-refractivity contribution in [2.24, 2.45) is 5.41 Å². The predicted octanol–water partition coefficient (Wildman–Crippen LogP) is 1.16. The van der Waals surface area contributed by atoms with Gasteiger partial charge in [0, 0.05) is 30.7 Å². The van der Waals surface area contributed by atoms with E-state index in [-0.39, 0.29) is 17.6 Å². The van der Waals surface area contributed by atoms with Gasteiger partial charge in [0.25, 0.3) is 0 Å². The summed E-state index contributed by atoms with van der Waals surface area (Å²) >= 11 is 0. The van der Waals surface area contributed by atoms with Crippen LogP contribution >= 0.6 is 0 Å². The van der Waals surface area contributed by atoms with Crippen molar-refractivity contribution in [3.05, 3.63) is 0 Å². The Bertz CT molecular complexity index is 168. The van der Waals surface area contributed by atoms with Crippen LogP contribution in [0.15, 0.2) is 0 Å². The molecule has 1 rings (SSSR count). The Kier molecular flexibility index (Phi) is 3.93. The monoisotopic (exact) mass is 201 g/mol. The summed E-state index contributed by atoms with van der Waals surface area (Å²) in [4.78, 5) is 0. The zero-order valence-electron chi connectivity index (χ0n) is 9.60. The molecule has 0 amide bonds. The Hall–Kier alpha value is -0.120. The molecule has 1 saturated heterocycles. The Morgan fingerprint density at radius 2 is 2.29 bits per heavy atom. The molecule has 0 aromatic carbocycles. The smallest absolute Gasteiger partial charge is 0.0646 e. The van der Waals surface area contributed by atoms with Crippen molar-refractivity contribution in [3.8, 4) is 0 Å². The van der Waals surface area contributed by atoms with E-state index in [0.29, 0.717) is 0 Å². The third kappa shape index (κ3) is 2.94. The van der Waals surface area contributed by atoms with Crippen LogP contribution in [0.2, 0.25) is 0 Å². The largest absolute Gasteiger partial charge is 0.396 e. The Morgan fingerprint density at radius 3 is 2.71 bits per heavy atom. The van der Waals surface area contributed by atoms with E-state index >= 15 is 0 Å². The topological polar surface area (TPSA) is 41.5 Å². The SMILES string of the molecule is CCC(C)(CO)CNC1(C)CCOC1. The van der Waals surface area contributed by atoms with E-state index in [2.05, 4.69) is 26.1 Å². The number of nitrogens with one attached hydrogen (secondary N) is 1. The summed E-state index contributed by atoms with van der Waals surface area (Å²) < 4.78 is 5.37. The number of rotatable bonds is 5. The van der Waals surface area contributed by atoms with Gasteiger partial charge >= 0.3 is 0 Å². The van der Waals surface area contributed by atoms with Crippen LogP contribution in [0.5, 0.6) is 0 Å². The van der Waals surface area contributed by atoms with Gasteiger partial charge < -0.3 is 15.2 Å². The maximum Gasteiger partial charge on any atom is 0.0646 e. The molecule has 0 aromatic rings. The minimum atomic E-state index is 0.00556. The molecule has 1 aliphatic heterocycles. The lowest BCUT2D eigenvalue weighted by molar-refractivity contribution is 0.116. The molecule has 0 bridgehead atoms. The molecule has 0 spiro atoms. The fourth-order valence-corrected chi connectivity index (χ4v) is 1.53. The summed E-state index contributed by atoms with van der Waals surface area (Å²) in [5.74, 6) is 0. The summed E-state index contributed by atoms with van der Waals surface area (Å²) in [5.41, 5.74) is 0.122.